The summed E-state index contributed by atoms with van der Waals surface area (Å²) < 4.78 is 37.6. The number of aromatic nitrogens is 2. The Morgan fingerprint density at radius 3 is 2.69 bits per heavy atom. The summed E-state index contributed by atoms with van der Waals surface area (Å²) in [5, 5.41) is 13.8. The molecule has 0 fully saturated rings. The summed E-state index contributed by atoms with van der Waals surface area (Å²) in [7, 11) is -0.885. The van der Waals surface area contributed by atoms with Gasteiger partial charge < -0.3 is 20.1 Å². The molecular formula is C24H23N5O5S. The van der Waals surface area contributed by atoms with Crippen LogP contribution in [0.5, 0.6) is 11.5 Å². The van der Waals surface area contributed by atoms with Crippen molar-refractivity contribution in [3.05, 3.63) is 71.9 Å². The number of carbonyl (C=O) groups excluding carboxylic acids is 1. The fourth-order valence-corrected chi connectivity index (χ4v) is 4.64. The van der Waals surface area contributed by atoms with Gasteiger partial charge in [0.1, 0.15) is 0 Å². The van der Waals surface area contributed by atoms with Gasteiger partial charge in [0, 0.05) is 43.0 Å². The molecule has 4 aromatic rings. The third-order valence-electron chi connectivity index (χ3n) is 5.58. The summed E-state index contributed by atoms with van der Waals surface area (Å²) in [4.78, 5) is 13.1. The summed E-state index contributed by atoms with van der Waals surface area (Å²) in [6, 6.07) is 15.4. The van der Waals surface area contributed by atoms with E-state index in [1.165, 1.54) is 26.2 Å². The normalized spacial score (nSPS) is 12.8. The predicted molar refractivity (Wildman–Crippen MR) is 131 cm³/mol. The zero-order chi connectivity index (χ0) is 24.6. The van der Waals surface area contributed by atoms with Crippen LogP contribution in [0, 0.1) is 0 Å². The molecule has 1 aromatic heterocycles. The number of H-pyrrole nitrogens is 1. The number of carbonyl (C=O) groups is 1. The first kappa shape index (κ1) is 22.7. The number of benzene rings is 3. The van der Waals surface area contributed by atoms with Crippen LogP contribution in [0.1, 0.15) is 15.9 Å². The lowest BCUT2D eigenvalue weighted by molar-refractivity contribution is 0.102. The van der Waals surface area contributed by atoms with Crippen LogP contribution in [-0.2, 0) is 16.6 Å². The van der Waals surface area contributed by atoms with Crippen molar-refractivity contribution in [2.75, 3.05) is 31.5 Å². The molecule has 0 spiro atoms. The van der Waals surface area contributed by atoms with Crippen molar-refractivity contribution in [3.63, 3.8) is 0 Å². The maximum absolute atomic E-state index is 13.1. The highest BCUT2D eigenvalue weighted by Crippen LogP contribution is 2.33. The van der Waals surface area contributed by atoms with Gasteiger partial charge in [-0.2, -0.15) is 5.10 Å². The maximum Gasteiger partial charge on any atom is 0.255 e. The lowest BCUT2D eigenvalue weighted by Gasteiger charge is -2.15. The highest BCUT2D eigenvalue weighted by molar-refractivity contribution is 7.89. The molecule has 0 unspecified atom stereocenters. The molecule has 0 saturated carbocycles. The van der Waals surface area contributed by atoms with Crippen LogP contribution < -0.4 is 20.1 Å². The number of ether oxygens (including phenoxy) is 2. The van der Waals surface area contributed by atoms with Gasteiger partial charge in [0.05, 0.1) is 16.6 Å². The molecule has 5 rings (SSSR count). The van der Waals surface area contributed by atoms with Gasteiger partial charge in [0.15, 0.2) is 11.5 Å². The van der Waals surface area contributed by atoms with Gasteiger partial charge in [-0.1, -0.05) is 6.07 Å². The topological polar surface area (TPSA) is 126 Å². The zero-order valence-electron chi connectivity index (χ0n) is 19.0. The standard InChI is InChI=1S/C24H23N5O5S/c1-29(2)35(31,32)20-9-17(24(30)27-18-5-4-16-13-26-28-21(16)11-18)8-19(10-20)25-12-15-3-6-22-23(7-15)34-14-33-22/h3-11,13,25H,12,14H2,1-2H3,(H,26,28)(H,27,30). The molecule has 0 bridgehead atoms. The van der Waals surface area contributed by atoms with Crippen LogP contribution in [0.4, 0.5) is 11.4 Å². The molecule has 1 aliphatic heterocycles. The number of hydrogen-bond donors (Lipinski definition) is 3. The highest BCUT2D eigenvalue weighted by atomic mass is 32.2. The number of rotatable bonds is 7. The van der Waals surface area contributed by atoms with E-state index in [2.05, 4.69) is 20.8 Å². The van der Waals surface area contributed by atoms with Gasteiger partial charge in [0.25, 0.3) is 5.91 Å². The Bertz CT molecular complexity index is 1530. The van der Waals surface area contributed by atoms with Crippen molar-refractivity contribution < 1.29 is 22.7 Å². The quantitative estimate of drug-likeness (QED) is 0.360. The Morgan fingerprint density at radius 2 is 1.86 bits per heavy atom. The third kappa shape index (κ3) is 4.63. The van der Waals surface area contributed by atoms with E-state index < -0.39 is 15.9 Å². The van der Waals surface area contributed by atoms with Crippen LogP contribution in [0.25, 0.3) is 10.9 Å². The summed E-state index contributed by atoms with van der Waals surface area (Å²) in [5.41, 5.74) is 2.93. The fourth-order valence-electron chi connectivity index (χ4n) is 3.67. The van der Waals surface area contributed by atoms with Crippen LogP contribution in [-0.4, -0.2) is 49.7 Å². The average Bonchev–Trinajstić information content (AvgIpc) is 3.51. The van der Waals surface area contributed by atoms with Crippen LogP contribution in [0.3, 0.4) is 0 Å². The van der Waals surface area contributed by atoms with E-state index in [1.54, 1.807) is 24.4 Å². The third-order valence-corrected chi connectivity index (χ3v) is 7.37. The molecule has 2 heterocycles. The molecule has 0 radical (unpaired) electrons. The lowest BCUT2D eigenvalue weighted by atomic mass is 10.1. The number of hydrogen-bond acceptors (Lipinski definition) is 7. The van der Waals surface area contributed by atoms with Crippen molar-refractivity contribution in [2.24, 2.45) is 0 Å². The SMILES string of the molecule is CN(C)S(=O)(=O)c1cc(NCc2ccc3c(c2)OCO3)cc(C(=O)Nc2ccc3cn[nH]c3c2)c1. The van der Waals surface area contributed by atoms with Gasteiger partial charge in [-0.25, -0.2) is 12.7 Å². The van der Waals surface area contributed by atoms with Gasteiger partial charge in [-0.15, -0.1) is 0 Å². The smallest absolute Gasteiger partial charge is 0.255 e. The molecule has 0 saturated heterocycles. The Kier molecular flexibility index (Phi) is 5.79. The average molecular weight is 494 g/mol. The molecule has 1 aliphatic rings. The van der Waals surface area contributed by atoms with Crippen molar-refractivity contribution in [2.45, 2.75) is 11.4 Å². The monoisotopic (exact) mass is 493 g/mol. The van der Waals surface area contributed by atoms with Gasteiger partial charge >= 0.3 is 0 Å². The second-order valence-corrected chi connectivity index (χ2v) is 10.4. The number of fused-ring (bicyclic) bond motifs is 2. The first-order valence-electron chi connectivity index (χ1n) is 10.7. The van der Waals surface area contributed by atoms with Crippen LogP contribution in [0.2, 0.25) is 0 Å². The van der Waals surface area contributed by atoms with Crippen molar-refractivity contribution in [1.29, 1.82) is 0 Å². The predicted octanol–water partition coefficient (Wildman–Crippen LogP) is 3.41. The fraction of sp³-hybridized carbons (Fsp3) is 0.167. The molecule has 180 valence electrons. The van der Waals surface area contributed by atoms with E-state index in [-0.39, 0.29) is 17.3 Å². The molecule has 3 N–H and O–H groups in total. The summed E-state index contributed by atoms with van der Waals surface area (Å²) >= 11 is 0. The van der Waals surface area contributed by atoms with E-state index in [9.17, 15) is 13.2 Å². The van der Waals surface area contributed by atoms with E-state index in [0.29, 0.717) is 29.4 Å². The molecule has 11 heteroatoms. The number of nitrogens with zero attached hydrogens (tertiary/aromatic N) is 2. The summed E-state index contributed by atoms with van der Waals surface area (Å²) in [6.45, 7) is 0.572. The Labute approximate surface area is 201 Å². The summed E-state index contributed by atoms with van der Waals surface area (Å²) in [6.07, 6.45) is 1.69. The molecule has 10 nitrogen and oxygen atoms in total. The maximum atomic E-state index is 13.1. The van der Waals surface area contributed by atoms with Gasteiger partial charge in [0.2, 0.25) is 16.8 Å². The minimum absolute atomic E-state index is 0.00681. The lowest BCUT2D eigenvalue weighted by Crippen LogP contribution is -2.23. The highest BCUT2D eigenvalue weighted by Gasteiger charge is 2.21. The zero-order valence-corrected chi connectivity index (χ0v) is 19.8. The van der Waals surface area contributed by atoms with E-state index in [0.717, 1.165) is 20.8 Å². The molecule has 3 aromatic carbocycles. The summed E-state index contributed by atoms with van der Waals surface area (Å²) in [5.74, 6) is 0.897. The van der Waals surface area contributed by atoms with Crippen molar-refractivity contribution in [1.82, 2.24) is 14.5 Å². The molecule has 0 aliphatic carbocycles. The van der Waals surface area contributed by atoms with Crippen molar-refractivity contribution in [3.8, 4) is 11.5 Å². The second kappa shape index (κ2) is 8.93. The Morgan fingerprint density at radius 1 is 1.03 bits per heavy atom. The van der Waals surface area contributed by atoms with Crippen LogP contribution in [0.15, 0.2) is 65.7 Å². The van der Waals surface area contributed by atoms with E-state index in [1.807, 2.05) is 24.3 Å². The van der Waals surface area contributed by atoms with E-state index >= 15 is 0 Å². The molecule has 1 amide bonds. The Balaban J connectivity index is 1.43. The van der Waals surface area contributed by atoms with E-state index in [4.69, 9.17) is 9.47 Å². The number of anilines is 2. The minimum atomic E-state index is -3.78. The second-order valence-electron chi connectivity index (χ2n) is 8.20. The Hall–Kier alpha value is -4.09. The van der Waals surface area contributed by atoms with Crippen LogP contribution >= 0.6 is 0 Å². The molecule has 35 heavy (non-hydrogen) atoms. The molecule has 0 atom stereocenters. The largest absolute Gasteiger partial charge is 0.454 e. The first-order valence-corrected chi connectivity index (χ1v) is 12.2. The number of sulfonamides is 1. The number of nitrogens with one attached hydrogen (secondary N) is 3. The van der Waals surface area contributed by atoms with Gasteiger partial charge in [-0.3, -0.25) is 9.89 Å². The number of aromatic amines is 1. The van der Waals surface area contributed by atoms with Crippen molar-refractivity contribution >= 4 is 38.2 Å². The minimum Gasteiger partial charge on any atom is -0.454 e. The first-order chi connectivity index (χ1) is 16.8. The number of amides is 1. The van der Waals surface area contributed by atoms with Gasteiger partial charge in [-0.05, 0) is 54.1 Å². The molecular weight excluding hydrogens is 470 g/mol.